The SMILES string of the molecule is CCCCB(CCCC)n1c(C(=O)c2ccccc2)ccc1C(c1ccccc1)c1ccc[nH]1. The molecule has 34 heavy (non-hydrogen) atoms. The average Bonchev–Trinajstić information content (AvgIpc) is 3.56. The number of nitrogens with one attached hydrogen (secondary N) is 1. The molecule has 0 aliphatic rings. The van der Waals surface area contributed by atoms with E-state index in [2.05, 4.69) is 77.9 Å². The summed E-state index contributed by atoms with van der Waals surface area (Å²) in [7, 11) is 0. The van der Waals surface area contributed by atoms with Crippen molar-refractivity contribution in [3.63, 3.8) is 0 Å². The van der Waals surface area contributed by atoms with Crippen LogP contribution < -0.4 is 0 Å². The van der Waals surface area contributed by atoms with E-state index in [9.17, 15) is 4.79 Å². The van der Waals surface area contributed by atoms with Crippen molar-refractivity contribution in [1.29, 1.82) is 0 Å². The lowest BCUT2D eigenvalue weighted by Gasteiger charge is -2.26. The van der Waals surface area contributed by atoms with Crippen LogP contribution in [0.15, 0.2) is 91.1 Å². The predicted octanol–water partition coefficient (Wildman–Crippen LogP) is 7.67. The summed E-state index contributed by atoms with van der Waals surface area (Å²) in [5, 5.41) is 0. The summed E-state index contributed by atoms with van der Waals surface area (Å²) in [6, 6.07) is 28.8. The van der Waals surface area contributed by atoms with Gasteiger partial charge in [0.15, 0.2) is 0 Å². The van der Waals surface area contributed by atoms with Gasteiger partial charge in [-0.3, -0.25) is 4.79 Å². The number of hydrogen-bond donors (Lipinski definition) is 1. The van der Waals surface area contributed by atoms with Gasteiger partial charge in [-0.05, 0) is 29.8 Å². The first-order valence-electron chi connectivity index (χ1n) is 12.7. The number of aromatic nitrogens is 2. The summed E-state index contributed by atoms with van der Waals surface area (Å²) in [5.41, 5.74) is 5.10. The summed E-state index contributed by atoms with van der Waals surface area (Å²) >= 11 is 0. The molecule has 0 radical (unpaired) electrons. The molecule has 3 nitrogen and oxygen atoms in total. The Kier molecular flexibility index (Phi) is 8.24. The van der Waals surface area contributed by atoms with Crippen molar-refractivity contribution in [1.82, 2.24) is 9.46 Å². The van der Waals surface area contributed by atoms with Gasteiger partial charge in [-0.2, -0.15) is 0 Å². The number of benzene rings is 2. The Morgan fingerprint density at radius 2 is 1.47 bits per heavy atom. The van der Waals surface area contributed by atoms with Gasteiger partial charge in [0.05, 0.1) is 11.6 Å². The monoisotopic (exact) mass is 450 g/mol. The van der Waals surface area contributed by atoms with Gasteiger partial charge in [0.25, 0.3) is 6.85 Å². The number of nitrogens with zero attached hydrogens (tertiary/aromatic N) is 1. The lowest BCUT2D eigenvalue weighted by atomic mass is 9.53. The third kappa shape index (κ3) is 5.27. The van der Waals surface area contributed by atoms with E-state index in [1.165, 1.54) is 11.3 Å². The van der Waals surface area contributed by atoms with Crippen LogP contribution in [0, 0.1) is 0 Å². The second kappa shape index (κ2) is 11.7. The second-order valence-electron chi connectivity index (χ2n) is 9.12. The minimum absolute atomic E-state index is 0.0410. The van der Waals surface area contributed by atoms with Crippen LogP contribution in [0.4, 0.5) is 0 Å². The van der Waals surface area contributed by atoms with E-state index < -0.39 is 0 Å². The van der Waals surface area contributed by atoms with Gasteiger partial charge in [0.1, 0.15) is 0 Å². The molecule has 4 rings (SSSR count). The van der Waals surface area contributed by atoms with Gasteiger partial charge in [-0.15, -0.1) is 0 Å². The zero-order valence-electron chi connectivity index (χ0n) is 20.4. The lowest BCUT2D eigenvalue weighted by molar-refractivity contribution is 0.103. The van der Waals surface area contributed by atoms with E-state index in [4.69, 9.17) is 0 Å². The predicted molar refractivity (Wildman–Crippen MR) is 143 cm³/mol. The molecule has 1 atom stereocenters. The van der Waals surface area contributed by atoms with Gasteiger partial charge < -0.3 is 9.46 Å². The summed E-state index contributed by atoms with van der Waals surface area (Å²) in [6.07, 6.45) is 8.77. The summed E-state index contributed by atoms with van der Waals surface area (Å²) in [4.78, 5) is 17.2. The first-order valence-corrected chi connectivity index (χ1v) is 12.7. The van der Waals surface area contributed by atoms with Crippen LogP contribution in [-0.2, 0) is 0 Å². The van der Waals surface area contributed by atoms with Crippen molar-refractivity contribution >= 4 is 12.6 Å². The first kappa shape index (κ1) is 23.9. The smallest absolute Gasteiger partial charge is 0.260 e. The molecule has 0 aliphatic carbocycles. The molecular formula is C30H35BN2O. The van der Waals surface area contributed by atoms with Gasteiger partial charge in [0, 0.05) is 23.1 Å². The highest BCUT2D eigenvalue weighted by molar-refractivity contribution is 6.58. The molecule has 4 heteroatoms. The van der Waals surface area contributed by atoms with E-state index in [1.54, 1.807) is 0 Å². The Bertz CT molecular complexity index is 1140. The number of rotatable bonds is 12. The van der Waals surface area contributed by atoms with Crippen LogP contribution in [0.2, 0.25) is 12.6 Å². The molecule has 2 heterocycles. The molecule has 2 aromatic carbocycles. The molecule has 0 amide bonds. The lowest BCUT2D eigenvalue weighted by Crippen LogP contribution is -2.31. The minimum Gasteiger partial charge on any atom is -0.386 e. The molecule has 0 saturated heterocycles. The molecule has 2 aromatic heterocycles. The number of hydrogen-bond acceptors (Lipinski definition) is 1. The molecular weight excluding hydrogens is 415 g/mol. The van der Waals surface area contributed by atoms with E-state index in [-0.39, 0.29) is 11.7 Å². The van der Waals surface area contributed by atoms with Crippen molar-refractivity contribution in [3.05, 3.63) is 119 Å². The summed E-state index contributed by atoms with van der Waals surface area (Å²) in [6.45, 7) is 4.79. The topological polar surface area (TPSA) is 37.8 Å². The highest BCUT2D eigenvalue weighted by Crippen LogP contribution is 2.34. The summed E-state index contributed by atoms with van der Waals surface area (Å²) < 4.78 is 2.39. The van der Waals surface area contributed by atoms with Gasteiger partial charge in [-0.25, -0.2) is 0 Å². The molecule has 4 aromatic rings. The molecule has 1 unspecified atom stereocenters. The summed E-state index contributed by atoms with van der Waals surface area (Å²) in [5.74, 6) is 0.141. The van der Waals surface area contributed by atoms with Crippen LogP contribution in [0.25, 0.3) is 0 Å². The largest absolute Gasteiger partial charge is 0.386 e. The van der Waals surface area contributed by atoms with Gasteiger partial charge in [0.2, 0.25) is 5.78 Å². The number of carbonyl (C=O) groups excluding carboxylic acids is 1. The highest BCUT2D eigenvalue weighted by atomic mass is 16.1. The van der Waals surface area contributed by atoms with Gasteiger partial charge in [-0.1, -0.05) is 113 Å². The minimum atomic E-state index is 0.0410. The number of aromatic amines is 1. The van der Waals surface area contributed by atoms with Crippen molar-refractivity contribution in [2.45, 2.75) is 58.1 Å². The Hall–Kier alpha value is -3.27. The number of ketones is 1. The fourth-order valence-corrected chi connectivity index (χ4v) is 4.99. The first-order chi connectivity index (χ1) is 16.7. The fourth-order valence-electron chi connectivity index (χ4n) is 4.99. The van der Waals surface area contributed by atoms with Crippen molar-refractivity contribution in [2.75, 3.05) is 0 Å². The van der Waals surface area contributed by atoms with Crippen LogP contribution in [0.1, 0.15) is 78.5 Å². The van der Waals surface area contributed by atoms with E-state index in [1.807, 2.05) is 36.5 Å². The second-order valence-corrected chi connectivity index (χ2v) is 9.12. The normalized spacial score (nSPS) is 11.9. The molecule has 0 saturated carbocycles. The maximum atomic E-state index is 13.7. The number of carbonyl (C=O) groups is 1. The molecule has 1 N–H and O–H groups in total. The molecule has 174 valence electrons. The third-order valence-corrected chi connectivity index (χ3v) is 6.73. The zero-order chi connectivity index (χ0) is 23.8. The number of H-pyrrole nitrogens is 1. The Morgan fingerprint density at radius 3 is 2.06 bits per heavy atom. The van der Waals surface area contributed by atoms with E-state index >= 15 is 0 Å². The molecule has 0 fully saturated rings. The van der Waals surface area contributed by atoms with E-state index in [0.29, 0.717) is 6.85 Å². The van der Waals surface area contributed by atoms with Gasteiger partial charge >= 0.3 is 0 Å². The zero-order valence-corrected chi connectivity index (χ0v) is 20.4. The van der Waals surface area contributed by atoms with Crippen molar-refractivity contribution < 1.29 is 4.79 Å². The van der Waals surface area contributed by atoms with E-state index in [0.717, 1.165) is 55.3 Å². The van der Waals surface area contributed by atoms with Crippen molar-refractivity contribution in [3.8, 4) is 0 Å². The van der Waals surface area contributed by atoms with Crippen molar-refractivity contribution in [2.24, 2.45) is 0 Å². The standard InChI is InChI=1S/C30H35BN2O/c1-3-5-21-31(22-6-4-2)33-27(19-20-28(33)30(34)25-16-11-8-12-17-25)29(26-18-13-23-32-26)24-14-9-7-10-15-24/h7-20,23,29,32H,3-6,21-22H2,1-2H3. The Morgan fingerprint density at radius 1 is 0.824 bits per heavy atom. The fraction of sp³-hybridized carbons (Fsp3) is 0.300. The molecule has 0 aliphatic heterocycles. The maximum Gasteiger partial charge on any atom is 0.260 e. The average molecular weight is 450 g/mol. The third-order valence-electron chi connectivity index (χ3n) is 6.73. The van der Waals surface area contributed by atoms with Crippen LogP contribution in [0.5, 0.6) is 0 Å². The molecule has 0 bridgehead atoms. The Balaban J connectivity index is 1.89. The van der Waals surface area contributed by atoms with Crippen LogP contribution in [-0.4, -0.2) is 22.1 Å². The molecule has 0 spiro atoms. The maximum absolute atomic E-state index is 13.7. The highest BCUT2D eigenvalue weighted by Gasteiger charge is 2.30. The quantitative estimate of drug-likeness (QED) is 0.175. The Labute approximate surface area is 204 Å². The number of unbranched alkanes of at least 4 members (excludes halogenated alkanes) is 2. The van der Waals surface area contributed by atoms with Crippen LogP contribution in [0.3, 0.4) is 0 Å². The van der Waals surface area contributed by atoms with Crippen LogP contribution >= 0.6 is 0 Å².